The molecule has 3 nitrogen and oxygen atoms in total. The molecule has 0 saturated heterocycles. The van der Waals surface area contributed by atoms with Crippen LogP contribution in [0.1, 0.15) is 39.5 Å². The Hall–Kier alpha value is -1.22. The second-order valence-corrected chi connectivity index (χ2v) is 7.25. The summed E-state index contributed by atoms with van der Waals surface area (Å²) in [4.78, 5) is 6.84. The van der Waals surface area contributed by atoms with Crippen molar-refractivity contribution in [3.8, 4) is 0 Å². The van der Waals surface area contributed by atoms with Crippen LogP contribution in [0.25, 0.3) is 0 Å². The van der Waals surface area contributed by atoms with Crippen LogP contribution in [-0.2, 0) is 0 Å². The molecule has 2 aliphatic rings. The van der Waals surface area contributed by atoms with Crippen LogP contribution < -0.4 is 10.6 Å². The standard InChI is InChI=1S/C17H24ClN3/c1-12(2)13-4-3-9-17(10-13)11-20-16(19)21(17)15-7-5-14(18)6-8-15/h5-8,12-13H,3-4,9-11H2,1-2H3,(H2,19,20). The van der Waals surface area contributed by atoms with E-state index < -0.39 is 0 Å². The minimum absolute atomic E-state index is 0.0745. The van der Waals surface area contributed by atoms with Crippen molar-refractivity contribution in [3.63, 3.8) is 0 Å². The van der Waals surface area contributed by atoms with Gasteiger partial charge in [0.2, 0.25) is 0 Å². The zero-order valence-electron chi connectivity index (χ0n) is 12.8. The fourth-order valence-corrected chi connectivity index (χ4v) is 4.04. The Morgan fingerprint density at radius 2 is 2.05 bits per heavy atom. The van der Waals surface area contributed by atoms with Gasteiger partial charge in [-0.05, 0) is 48.9 Å². The van der Waals surface area contributed by atoms with E-state index in [0.29, 0.717) is 5.96 Å². The average molecular weight is 306 g/mol. The third kappa shape index (κ3) is 2.64. The Bertz CT molecular complexity index is 537. The van der Waals surface area contributed by atoms with Gasteiger partial charge in [-0.2, -0.15) is 0 Å². The molecule has 21 heavy (non-hydrogen) atoms. The summed E-state index contributed by atoms with van der Waals surface area (Å²) >= 11 is 6.02. The lowest BCUT2D eigenvalue weighted by Gasteiger charge is -2.45. The molecule has 0 radical (unpaired) electrons. The van der Waals surface area contributed by atoms with E-state index in [1.807, 2.05) is 12.1 Å². The largest absolute Gasteiger partial charge is 0.369 e. The van der Waals surface area contributed by atoms with E-state index in [2.05, 4.69) is 35.9 Å². The van der Waals surface area contributed by atoms with E-state index in [4.69, 9.17) is 17.3 Å². The normalized spacial score (nSPS) is 29.2. The van der Waals surface area contributed by atoms with Gasteiger partial charge in [-0.1, -0.05) is 38.3 Å². The third-order valence-corrected chi connectivity index (χ3v) is 5.38. The highest BCUT2D eigenvalue weighted by atomic mass is 35.5. The molecule has 1 aromatic rings. The van der Waals surface area contributed by atoms with Crippen LogP contribution in [0, 0.1) is 11.8 Å². The molecule has 0 aromatic heterocycles. The van der Waals surface area contributed by atoms with Gasteiger partial charge in [0.15, 0.2) is 5.96 Å². The molecule has 1 spiro atoms. The second kappa shape index (κ2) is 5.53. The van der Waals surface area contributed by atoms with Gasteiger partial charge in [-0.3, -0.25) is 4.99 Å². The molecule has 1 aromatic carbocycles. The number of anilines is 1. The number of guanidine groups is 1. The summed E-state index contributed by atoms with van der Waals surface area (Å²) in [6.45, 7) is 5.48. The molecule has 4 heteroatoms. The number of nitrogens with two attached hydrogens (primary N) is 1. The average Bonchev–Trinajstić information content (AvgIpc) is 2.77. The first kappa shape index (κ1) is 14.7. The summed E-state index contributed by atoms with van der Waals surface area (Å²) in [7, 11) is 0. The molecule has 2 unspecified atom stereocenters. The molecule has 0 bridgehead atoms. The maximum absolute atomic E-state index is 6.22. The van der Waals surface area contributed by atoms with Gasteiger partial charge < -0.3 is 10.6 Å². The van der Waals surface area contributed by atoms with Gasteiger partial charge >= 0.3 is 0 Å². The van der Waals surface area contributed by atoms with Gasteiger partial charge in [0.05, 0.1) is 12.1 Å². The molecule has 1 saturated carbocycles. The Morgan fingerprint density at radius 1 is 1.33 bits per heavy atom. The van der Waals surface area contributed by atoms with E-state index >= 15 is 0 Å². The Balaban J connectivity index is 1.92. The van der Waals surface area contributed by atoms with Crippen molar-refractivity contribution < 1.29 is 0 Å². The van der Waals surface area contributed by atoms with Crippen molar-refractivity contribution in [2.24, 2.45) is 22.6 Å². The predicted molar refractivity (Wildman–Crippen MR) is 89.9 cm³/mol. The third-order valence-electron chi connectivity index (χ3n) is 5.13. The molecule has 1 heterocycles. The summed E-state index contributed by atoms with van der Waals surface area (Å²) in [5, 5.41) is 0.756. The van der Waals surface area contributed by atoms with Crippen molar-refractivity contribution in [1.82, 2.24) is 0 Å². The molecular weight excluding hydrogens is 282 g/mol. The van der Waals surface area contributed by atoms with Crippen LogP contribution in [0.2, 0.25) is 5.02 Å². The smallest absolute Gasteiger partial charge is 0.196 e. The zero-order chi connectivity index (χ0) is 15.0. The molecule has 1 aliphatic carbocycles. The van der Waals surface area contributed by atoms with E-state index in [1.54, 1.807) is 0 Å². The lowest BCUT2D eigenvalue weighted by molar-refractivity contribution is 0.195. The highest BCUT2D eigenvalue weighted by Gasteiger charge is 2.46. The SMILES string of the molecule is CC(C)C1CCCC2(CN=C(N)N2c2ccc(Cl)cc2)C1. The lowest BCUT2D eigenvalue weighted by Crippen LogP contribution is -2.54. The molecule has 2 N–H and O–H groups in total. The molecule has 2 atom stereocenters. The number of hydrogen-bond acceptors (Lipinski definition) is 3. The van der Waals surface area contributed by atoms with E-state index in [-0.39, 0.29) is 5.54 Å². The number of halogens is 1. The molecule has 1 aliphatic heterocycles. The topological polar surface area (TPSA) is 41.6 Å². The van der Waals surface area contributed by atoms with Gasteiger partial charge in [0.25, 0.3) is 0 Å². The van der Waals surface area contributed by atoms with Crippen molar-refractivity contribution in [1.29, 1.82) is 0 Å². The fraction of sp³-hybridized carbons (Fsp3) is 0.588. The van der Waals surface area contributed by atoms with Crippen molar-refractivity contribution >= 4 is 23.2 Å². The number of hydrogen-bond donors (Lipinski definition) is 1. The van der Waals surface area contributed by atoms with Crippen LogP contribution in [0.3, 0.4) is 0 Å². The minimum atomic E-state index is 0.0745. The first-order valence-corrected chi connectivity index (χ1v) is 8.25. The number of nitrogens with zero attached hydrogens (tertiary/aromatic N) is 2. The number of rotatable bonds is 2. The quantitative estimate of drug-likeness (QED) is 0.895. The molecular formula is C17H24ClN3. The first-order valence-electron chi connectivity index (χ1n) is 7.87. The Morgan fingerprint density at radius 3 is 2.71 bits per heavy atom. The van der Waals surface area contributed by atoms with Crippen molar-refractivity contribution in [2.75, 3.05) is 11.4 Å². The fourth-order valence-electron chi connectivity index (χ4n) is 3.91. The number of benzene rings is 1. The first-order chi connectivity index (χ1) is 10.0. The molecule has 114 valence electrons. The number of aliphatic imine (C=N–C) groups is 1. The van der Waals surface area contributed by atoms with Crippen LogP contribution >= 0.6 is 11.6 Å². The van der Waals surface area contributed by atoms with Gasteiger partial charge in [0.1, 0.15) is 0 Å². The maximum atomic E-state index is 6.22. The molecule has 0 amide bonds. The summed E-state index contributed by atoms with van der Waals surface area (Å²) in [6.07, 6.45) is 4.93. The van der Waals surface area contributed by atoms with Crippen LogP contribution in [0.15, 0.2) is 29.3 Å². The second-order valence-electron chi connectivity index (χ2n) is 6.81. The van der Waals surface area contributed by atoms with Crippen LogP contribution in [0.5, 0.6) is 0 Å². The van der Waals surface area contributed by atoms with Crippen LogP contribution in [0.4, 0.5) is 5.69 Å². The summed E-state index contributed by atoms with van der Waals surface area (Å²) in [5.74, 6) is 2.13. The minimum Gasteiger partial charge on any atom is -0.369 e. The van der Waals surface area contributed by atoms with Gasteiger partial charge in [-0.25, -0.2) is 0 Å². The lowest BCUT2D eigenvalue weighted by atomic mass is 9.71. The summed E-state index contributed by atoms with van der Waals surface area (Å²) < 4.78 is 0. The van der Waals surface area contributed by atoms with E-state index in [9.17, 15) is 0 Å². The monoisotopic (exact) mass is 305 g/mol. The maximum Gasteiger partial charge on any atom is 0.196 e. The summed E-state index contributed by atoms with van der Waals surface area (Å²) in [6, 6.07) is 7.96. The predicted octanol–water partition coefficient (Wildman–Crippen LogP) is 4.06. The van der Waals surface area contributed by atoms with Crippen molar-refractivity contribution in [3.05, 3.63) is 29.3 Å². The zero-order valence-corrected chi connectivity index (χ0v) is 13.6. The highest BCUT2D eigenvalue weighted by molar-refractivity contribution is 6.30. The van der Waals surface area contributed by atoms with E-state index in [1.165, 1.54) is 25.7 Å². The highest BCUT2D eigenvalue weighted by Crippen LogP contribution is 2.44. The Labute approximate surface area is 132 Å². The van der Waals surface area contributed by atoms with Crippen LogP contribution in [-0.4, -0.2) is 18.0 Å². The van der Waals surface area contributed by atoms with Gasteiger partial charge in [-0.15, -0.1) is 0 Å². The molecule has 3 rings (SSSR count). The van der Waals surface area contributed by atoms with E-state index in [0.717, 1.165) is 29.1 Å². The van der Waals surface area contributed by atoms with Gasteiger partial charge in [0, 0.05) is 10.7 Å². The Kier molecular flexibility index (Phi) is 3.87. The van der Waals surface area contributed by atoms with Crippen molar-refractivity contribution in [2.45, 2.75) is 45.1 Å². The summed E-state index contributed by atoms with van der Waals surface area (Å²) in [5.41, 5.74) is 7.41. The molecule has 1 fully saturated rings.